The number of nitrogens with one attached hydrogen (secondary N) is 1. The van der Waals surface area contributed by atoms with Crippen molar-refractivity contribution in [2.24, 2.45) is 0 Å². The molecule has 1 aliphatic heterocycles. The molecular formula is C18H20ClN3OS. The SMILES string of the molecule is C[C@@H](Sc1ccc(Cl)cc1)C(=O)Nc1cccnc1N1CCCC1. The summed E-state index contributed by atoms with van der Waals surface area (Å²) in [5.41, 5.74) is 0.785. The second-order valence-corrected chi connectivity index (χ2v) is 7.62. The first kappa shape index (κ1) is 17.1. The van der Waals surface area contributed by atoms with Gasteiger partial charge in [-0.1, -0.05) is 11.6 Å². The van der Waals surface area contributed by atoms with Crippen molar-refractivity contribution >= 4 is 40.8 Å². The van der Waals surface area contributed by atoms with Crippen molar-refractivity contribution in [1.29, 1.82) is 0 Å². The molecule has 3 rings (SSSR count). The Bertz CT molecular complexity index is 702. The molecule has 0 aliphatic carbocycles. The Labute approximate surface area is 151 Å². The van der Waals surface area contributed by atoms with E-state index < -0.39 is 0 Å². The molecule has 1 amide bonds. The Morgan fingerprint density at radius 1 is 1.25 bits per heavy atom. The van der Waals surface area contributed by atoms with Crippen LogP contribution in [-0.4, -0.2) is 29.2 Å². The smallest absolute Gasteiger partial charge is 0.237 e. The standard InChI is InChI=1S/C18H20ClN3OS/c1-13(24-15-8-6-14(19)7-9-15)18(23)21-16-5-4-10-20-17(16)22-11-2-3-12-22/h4-10,13H,2-3,11-12H2,1H3,(H,21,23)/t13-/m1/s1. The Balaban J connectivity index is 1.67. The number of carbonyl (C=O) groups is 1. The van der Waals surface area contributed by atoms with Crippen molar-refractivity contribution in [3.63, 3.8) is 0 Å². The quantitative estimate of drug-likeness (QED) is 0.799. The van der Waals surface area contributed by atoms with Crippen molar-refractivity contribution < 1.29 is 4.79 Å². The van der Waals surface area contributed by atoms with E-state index in [1.54, 1.807) is 6.20 Å². The summed E-state index contributed by atoms with van der Waals surface area (Å²) < 4.78 is 0. The first-order chi connectivity index (χ1) is 11.6. The summed E-state index contributed by atoms with van der Waals surface area (Å²) in [6.45, 7) is 3.89. The van der Waals surface area contributed by atoms with Crippen LogP contribution in [0.3, 0.4) is 0 Å². The molecule has 0 saturated carbocycles. The molecule has 24 heavy (non-hydrogen) atoms. The molecule has 0 unspecified atom stereocenters. The van der Waals surface area contributed by atoms with Gasteiger partial charge in [0.05, 0.1) is 10.9 Å². The summed E-state index contributed by atoms with van der Waals surface area (Å²) in [7, 11) is 0. The summed E-state index contributed by atoms with van der Waals surface area (Å²) >= 11 is 7.41. The molecule has 1 aliphatic rings. The van der Waals surface area contributed by atoms with Crippen LogP contribution in [0, 0.1) is 0 Å². The van der Waals surface area contributed by atoms with E-state index in [9.17, 15) is 4.79 Å². The van der Waals surface area contributed by atoms with Gasteiger partial charge in [0, 0.05) is 29.2 Å². The number of amides is 1. The average molecular weight is 362 g/mol. The first-order valence-corrected chi connectivity index (χ1v) is 9.32. The molecule has 1 aromatic carbocycles. The van der Waals surface area contributed by atoms with Gasteiger partial charge < -0.3 is 10.2 Å². The number of pyridine rings is 1. The molecule has 126 valence electrons. The predicted octanol–water partition coefficient (Wildman–Crippen LogP) is 4.45. The summed E-state index contributed by atoms with van der Waals surface area (Å²) in [4.78, 5) is 20.3. The number of hydrogen-bond donors (Lipinski definition) is 1. The lowest BCUT2D eigenvalue weighted by molar-refractivity contribution is -0.115. The zero-order chi connectivity index (χ0) is 16.9. The van der Waals surface area contributed by atoms with Crippen LogP contribution in [-0.2, 0) is 4.79 Å². The summed E-state index contributed by atoms with van der Waals surface area (Å²) in [6, 6.07) is 11.3. The van der Waals surface area contributed by atoms with Crippen molar-refractivity contribution in [3.8, 4) is 0 Å². The molecule has 0 bridgehead atoms. The van der Waals surface area contributed by atoms with Crippen LogP contribution in [0.25, 0.3) is 0 Å². The van der Waals surface area contributed by atoms with Crippen LogP contribution in [0.4, 0.5) is 11.5 Å². The Morgan fingerprint density at radius 3 is 2.67 bits per heavy atom. The lowest BCUT2D eigenvalue weighted by Crippen LogP contribution is -2.26. The number of halogens is 1. The maximum atomic E-state index is 12.5. The van der Waals surface area contributed by atoms with Gasteiger partial charge in [-0.15, -0.1) is 11.8 Å². The van der Waals surface area contributed by atoms with Crippen molar-refractivity contribution in [3.05, 3.63) is 47.6 Å². The van der Waals surface area contributed by atoms with E-state index in [-0.39, 0.29) is 11.2 Å². The number of benzene rings is 1. The third-order valence-electron chi connectivity index (χ3n) is 3.95. The van der Waals surface area contributed by atoms with Crippen LogP contribution < -0.4 is 10.2 Å². The minimum atomic E-state index is -0.210. The Kier molecular flexibility index (Phi) is 5.63. The minimum Gasteiger partial charge on any atom is -0.355 e. The molecule has 2 heterocycles. The predicted molar refractivity (Wildman–Crippen MR) is 101 cm³/mol. The van der Waals surface area contributed by atoms with E-state index in [1.165, 1.54) is 24.6 Å². The fourth-order valence-electron chi connectivity index (χ4n) is 2.68. The fraction of sp³-hybridized carbons (Fsp3) is 0.333. The van der Waals surface area contributed by atoms with Gasteiger partial charge in [-0.3, -0.25) is 4.79 Å². The van der Waals surface area contributed by atoms with Gasteiger partial charge in [-0.25, -0.2) is 4.98 Å². The van der Waals surface area contributed by atoms with Crippen molar-refractivity contribution in [2.75, 3.05) is 23.3 Å². The van der Waals surface area contributed by atoms with E-state index in [0.29, 0.717) is 5.02 Å². The summed E-state index contributed by atoms with van der Waals surface area (Å²) in [5, 5.41) is 3.51. The number of carbonyl (C=O) groups excluding carboxylic acids is 1. The number of hydrogen-bond acceptors (Lipinski definition) is 4. The molecule has 1 atom stereocenters. The highest BCUT2D eigenvalue weighted by Gasteiger charge is 2.20. The van der Waals surface area contributed by atoms with E-state index in [2.05, 4.69) is 15.2 Å². The zero-order valence-corrected chi connectivity index (χ0v) is 15.1. The van der Waals surface area contributed by atoms with E-state index >= 15 is 0 Å². The van der Waals surface area contributed by atoms with Crippen LogP contribution in [0.1, 0.15) is 19.8 Å². The molecule has 1 saturated heterocycles. The third kappa shape index (κ3) is 4.22. The van der Waals surface area contributed by atoms with Crippen molar-refractivity contribution in [1.82, 2.24) is 4.98 Å². The molecule has 1 aromatic heterocycles. The van der Waals surface area contributed by atoms with Crippen molar-refractivity contribution in [2.45, 2.75) is 29.9 Å². The van der Waals surface area contributed by atoms with E-state index in [0.717, 1.165) is 29.5 Å². The molecule has 4 nitrogen and oxygen atoms in total. The number of nitrogens with zero attached hydrogens (tertiary/aromatic N) is 2. The van der Waals surface area contributed by atoms with Gasteiger partial charge in [0.1, 0.15) is 0 Å². The highest BCUT2D eigenvalue weighted by atomic mass is 35.5. The number of aromatic nitrogens is 1. The minimum absolute atomic E-state index is 0.0246. The lowest BCUT2D eigenvalue weighted by Gasteiger charge is -2.21. The first-order valence-electron chi connectivity index (χ1n) is 8.06. The van der Waals surface area contributed by atoms with Gasteiger partial charge in [0.2, 0.25) is 5.91 Å². The maximum absolute atomic E-state index is 12.5. The summed E-state index contributed by atoms with van der Waals surface area (Å²) in [5.74, 6) is 0.843. The van der Waals surface area contributed by atoms with Gasteiger partial charge in [-0.05, 0) is 56.2 Å². The number of rotatable bonds is 5. The highest BCUT2D eigenvalue weighted by Crippen LogP contribution is 2.29. The van der Waals surface area contributed by atoms with Crippen LogP contribution in [0.5, 0.6) is 0 Å². The zero-order valence-electron chi connectivity index (χ0n) is 13.5. The molecule has 2 aromatic rings. The Hall–Kier alpha value is -1.72. The average Bonchev–Trinajstić information content (AvgIpc) is 3.11. The largest absolute Gasteiger partial charge is 0.355 e. The monoisotopic (exact) mass is 361 g/mol. The number of thioether (sulfide) groups is 1. The second kappa shape index (κ2) is 7.90. The van der Waals surface area contributed by atoms with Crippen LogP contribution >= 0.6 is 23.4 Å². The van der Waals surface area contributed by atoms with Crippen LogP contribution in [0.2, 0.25) is 5.02 Å². The molecule has 0 radical (unpaired) electrons. The molecule has 1 fully saturated rings. The summed E-state index contributed by atoms with van der Waals surface area (Å²) in [6.07, 6.45) is 4.12. The highest BCUT2D eigenvalue weighted by molar-refractivity contribution is 8.00. The topological polar surface area (TPSA) is 45.2 Å². The second-order valence-electron chi connectivity index (χ2n) is 5.77. The normalized spacial score (nSPS) is 15.3. The fourth-order valence-corrected chi connectivity index (χ4v) is 3.67. The molecular weight excluding hydrogens is 342 g/mol. The van der Waals surface area contributed by atoms with E-state index in [1.807, 2.05) is 43.3 Å². The van der Waals surface area contributed by atoms with Crippen LogP contribution in [0.15, 0.2) is 47.5 Å². The van der Waals surface area contributed by atoms with Gasteiger partial charge >= 0.3 is 0 Å². The van der Waals surface area contributed by atoms with Gasteiger partial charge in [0.15, 0.2) is 5.82 Å². The number of anilines is 2. The molecule has 1 N–H and O–H groups in total. The third-order valence-corrected chi connectivity index (χ3v) is 5.31. The maximum Gasteiger partial charge on any atom is 0.237 e. The van der Waals surface area contributed by atoms with E-state index in [4.69, 9.17) is 11.6 Å². The lowest BCUT2D eigenvalue weighted by atomic mass is 10.3. The molecule has 0 spiro atoms. The Morgan fingerprint density at radius 2 is 1.96 bits per heavy atom. The molecule has 6 heteroatoms. The van der Waals surface area contributed by atoms with Gasteiger partial charge in [0.25, 0.3) is 0 Å². The van der Waals surface area contributed by atoms with Gasteiger partial charge in [-0.2, -0.15) is 0 Å².